The molecule has 140 valence electrons. The molecule has 6 nitrogen and oxygen atoms in total. The standard InChI is InChI=1S/C18H22ClFN4O2/c1-12-15(17(23-26-12)16-13(19)4-2-5-14(16)20)18(25)22-6-3-9-24-10-7-21-8-11-24/h2,4-5,21H,3,6-11H2,1H3,(H,22,25). The van der Waals surface area contributed by atoms with Gasteiger partial charge in [-0.1, -0.05) is 22.8 Å². The van der Waals surface area contributed by atoms with Crippen molar-refractivity contribution >= 4 is 17.5 Å². The maximum absolute atomic E-state index is 14.2. The van der Waals surface area contributed by atoms with E-state index in [-0.39, 0.29) is 27.8 Å². The van der Waals surface area contributed by atoms with Crippen molar-refractivity contribution in [3.05, 3.63) is 40.4 Å². The van der Waals surface area contributed by atoms with E-state index >= 15 is 0 Å². The summed E-state index contributed by atoms with van der Waals surface area (Å²) in [6.45, 7) is 7.12. The van der Waals surface area contributed by atoms with E-state index in [0.717, 1.165) is 39.1 Å². The van der Waals surface area contributed by atoms with Gasteiger partial charge in [-0.3, -0.25) is 4.79 Å². The van der Waals surface area contributed by atoms with Gasteiger partial charge in [-0.2, -0.15) is 0 Å². The van der Waals surface area contributed by atoms with Crippen LogP contribution in [0.2, 0.25) is 5.02 Å². The number of amides is 1. The van der Waals surface area contributed by atoms with Crippen LogP contribution in [0.5, 0.6) is 0 Å². The lowest BCUT2D eigenvalue weighted by Crippen LogP contribution is -2.44. The second kappa shape index (κ2) is 8.62. The van der Waals surface area contributed by atoms with Gasteiger partial charge < -0.3 is 20.1 Å². The van der Waals surface area contributed by atoms with Crippen molar-refractivity contribution in [2.75, 3.05) is 39.3 Å². The molecule has 1 saturated heterocycles. The first-order valence-corrected chi connectivity index (χ1v) is 9.07. The molecule has 0 radical (unpaired) electrons. The zero-order valence-electron chi connectivity index (χ0n) is 14.6. The lowest BCUT2D eigenvalue weighted by molar-refractivity contribution is 0.0950. The molecule has 2 heterocycles. The molecule has 0 bridgehead atoms. The Morgan fingerprint density at radius 1 is 1.42 bits per heavy atom. The Bertz CT molecular complexity index is 754. The van der Waals surface area contributed by atoms with Crippen molar-refractivity contribution in [2.24, 2.45) is 0 Å². The third-order valence-corrected chi connectivity index (χ3v) is 4.75. The molecular formula is C18H22ClFN4O2. The fourth-order valence-electron chi connectivity index (χ4n) is 3.06. The molecule has 0 spiro atoms. The highest BCUT2D eigenvalue weighted by molar-refractivity contribution is 6.33. The van der Waals surface area contributed by atoms with Gasteiger partial charge >= 0.3 is 0 Å². The van der Waals surface area contributed by atoms with Crippen molar-refractivity contribution in [1.82, 2.24) is 20.7 Å². The van der Waals surface area contributed by atoms with Gasteiger partial charge in [0.15, 0.2) is 0 Å². The minimum Gasteiger partial charge on any atom is -0.360 e. The Kier molecular flexibility index (Phi) is 6.24. The molecule has 1 amide bonds. The lowest BCUT2D eigenvalue weighted by atomic mass is 10.0. The summed E-state index contributed by atoms with van der Waals surface area (Å²) in [5, 5.41) is 10.2. The summed E-state index contributed by atoms with van der Waals surface area (Å²) in [5.74, 6) is -0.545. The van der Waals surface area contributed by atoms with E-state index in [4.69, 9.17) is 16.1 Å². The van der Waals surface area contributed by atoms with Crippen LogP contribution < -0.4 is 10.6 Å². The zero-order valence-corrected chi connectivity index (χ0v) is 15.4. The number of hydrogen-bond acceptors (Lipinski definition) is 5. The molecule has 0 saturated carbocycles. The number of carbonyl (C=O) groups is 1. The van der Waals surface area contributed by atoms with Gasteiger partial charge in [0, 0.05) is 32.7 Å². The molecular weight excluding hydrogens is 359 g/mol. The Labute approximate surface area is 156 Å². The van der Waals surface area contributed by atoms with E-state index in [9.17, 15) is 9.18 Å². The highest BCUT2D eigenvalue weighted by atomic mass is 35.5. The highest BCUT2D eigenvalue weighted by Gasteiger charge is 2.25. The van der Waals surface area contributed by atoms with Gasteiger partial charge in [0.25, 0.3) is 5.91 Å². The molecule has 1 fully saturated rings. The number of hydrogen-bond donors (Lipinski definition) is 2. The summed E-state index contributed by atoms with van der Waals surface area (Å²) in [6, 6.07) is 4.34. The normalized spacial score (nSPS) is 15.2. The Balaban J connectivity index is 1.65. The molecule has 1 aliphatic rings. The van der Waals surface area contributed by atoms with E-state index in [0.29, 0.717) is 12.3 Å². The minimum absolute atomic E-state index is 0.0805. The fraction of sp³-hybridized carbons (Fsp3) is 0.444. The van der Waals surface area contributed by atoms with Crippen LogP contribution in [0.1, 0.15) is 22.5 Å². The average Bonchev–Trinajstić information content (AvgIpc) is 3.01. The molecule has 0 atom stereocenters. The van der Waals surface area contributed by atoms with Gasteiger partial charge in [-0.05, 0) is 32.0 Å². The molecule has 3 rings (SSSR count). The van der Waals surface area contributed by atoms with Gasteiger partial charge in [-0.15, -0.1) is 0 Å². The van der Waals surface area contributed by atoms with Crippen molar-refractivity contribution < 1.29 is 13.7 Å². The quantitative estimate of drug-likeness (QED) is 0.753. The first-order chi connectivity index (χ1) is 12.6. The number of halogens is 2. The number of rotatable bonds is 6. The van der Waals surface area contributed by atoms with Crippen LogP contribution in [0.25, 0.3) is 11.3 Å². The maximum Gasteiger partial charge on any atom is 0.257 e. The summed E-state index contributed by atoms with van der Waals surface area (Å²) < 4.78 is 19.3. The van der Waals surface area contributed by atoms with Crippen molar-refractivity contribution in [2.45, 2.75) is 13.3 Å². The van der Waals surface area contributed by atoms with Crippen LogP contribution in [0.4, 0.5) is 4.39 Å². The van der Waals surface area contributed by atoms with Gasteiger partial charge in [0.05, 0.1) is 10.6 Å². The predicted octanol–water partition coefficient (Wildman–Crippen LogP) is 2.47. The van der Waals surface area contributed by atoms with E-state index in [1.54, 1.807) is 13.0 Å². The van der Waals surface area contributed by atoms with Crippen LogP contribution in [0.15, 0.2) is 22.7 Å². The number of aryl methyl sites for hydroxylation is 1. The first-order valence-electron chi connectivity index (χ1n) is 8.70. The topological polar surface area (TPSA) is 70.4 Å². The fourth-order valence-corrected chi connectivity index (χ4v) is 3.31. The molecule has 0 unspecified atom stereocenters. The second-order valence-electron chi connectivity index (χ2n) is 6.26. The summed E-state index contributed by atoms with van der Waals surface area (Å²) in [7, 11) is 0. The summed E-state index contributed by atoms with van der Waals surface area (Å²) in [5.41, 5.74) is 0.432. The molecule has 26 heavy (non-hydrogen) atoms. The van der Waals surface area contributed by atoms with Crippen molar-refractivity contribution in [3.63, 3.8) is 0 Å². The Hall–Kier alpha value is -1.96. The minimum atomic E-state index is -0.543. The zero-order chi connectivity index (χ0) is 18.5. The largest absolute Gasteiger partial charge is 0.360 e. The predicted molar refractivity (Wildman–Crippen MR) is 97.9 cm³/mol. The van der Waals surface area contributed by atoms with Crippen molar-refractivity contribution in [1.29, 1.82) is 0 Å². The molecule has 2 N–H and O–H groups in total. The Morgan fingerprint density at radius 3 is 2.92 bits per heavy atom. The van der Waals surface area contributed by atoms with Crippen LogP contribution in [-0.4, -0.2) is 55.2 Å². The van der Waals surface area contributed by atoms with Crippen LogP contribution >= 0.6 is 11.6 Å². The lowest BCUT2D eigenvalue weighted by Gasteiger charge is -2.27. The van der Waals surface area contributed by atoms with E-state index < -0.39 is 5.82 Å². The van der Waals surface area contributed by atoms with Gasteiger partial charge in [0.1, 0.15) is 22.8 Å². The number of benzene rings is 1. The van der Waals surface area contributed by atoms with Crippen LogP contribution in [-0.2, 0) is 0 Å². The number of aromatic nitrogens is 1. The molecule has 8 heteroatoms. The number of carbonyl (C=O) groups excluding carboxylic acids is 1. The monoisotopic (exact) mass is 380 g/mol. The van der Waals surface area contributed by atoms with E-state index in [2.05, 4.69) is 20.7 Å². The van der Waals surface area contributed by atoms with E-state index in [1.807, 2.05) is 0 Å². The highest BCUT2D eigenvalue weighted by Crippen LogP contribution is 2.33. The van der Waals surface area contributed by atoms with E-state index in [1.165, 1.54) is 12.1 Å². The van der Waals surface area contributed by atoms with Crippen LogP contribution in [0, 0.1) is 12.7 Å². The molecule has 1 aromatic carbocycles. The van der Waals surface area contributed by atoms with Crippen molar-refractivity contribution in [3.8, 4) is 11.3 Å². The van der Waals surface area contributed by atoms with Gasteiger partial charge in [0.2, 0.25) is 0 Å². The molecule has 0 aliphatic carbocycles. The molecule has 1 aromatic heterocycles. The second-order valence-corrected chi connectivity index (χ2v) is 6.67. The summed E-state index contributed by atoms with van der Waals surface area (Å²) in [6.07, 6.45) is 0.839. The smallest absolute Gasteiger partial charge is 0.257 e. The average molecular weight is 381 g/mol. The number of piperazine rings is 1. The number of nitrogens with zero attached hydrogens (tertiary/aromatic N) is 2. The third-order valence-electron chi connectivity index (χ3n) is 4.44. The number of nitrogens with one attached hydrogen (secondary N) is 2. The van der Waals surface area contributed by atoms with Crippen LogP contribution in [0.3, 0.4) is 0 Å². The maximum atomic E-state index is 14.2. The third kappa shape index (κ3) is 4.23. The molecule has 2 aromatic rings. The summed E-state index contributed by atoms with van der Waals surface area (Å²) in [4.78, 5) is 15.0. The molecule has 1 aliphatic heterocycles. The Morgan fingerprint density at radius 2 is 2.19 bits per heavy atom. The summed E-state index contributed by atoms with van der Waals surface area (Å²) >= 11 is 6.10. The first kappa shape index (κ1) is 18.8. The van der Waals surface area contributed by atoms with Gasteiger partial charge in [-0.25, -0.2) is 4.39 Å². The SMILES string of the molecule is Cc1onc(-c2c(F)cccc2Cl)c1C(=O)NCCCN1CCNCC1.